The van der Waals surface area contributed by atoms with Gasteiger partial charge in [0.1, 0.15) is 0 Å². The maximum absolute atomic E-state index is 11.9. The van der Waals surface area contributed by atoms with Crippen LogP contribution in [0.4, 0.5) is 5.69 Å². The topological polar surface area (TPSA) is 92.5 Å². The number of amides is 1. The van der Waals surface area contributed by atoms with Crippen molar-refractivity contribution in [3.63, 3.8) is 0 Å². The number of nitrogens with two attached hydrogens (primary N) is 1. The number of carbonyl (C=O) groups is 1. The smallest absolute Gasteiger partial charge is 0.253 e. The Bertz CT molecular complexity index is 605. The lowest BCUT2D eigenvalue weighted by molar-refractivity contribution is 0.0953. The predicted molar refractivity (Wildman–Crippen MR) is 84.9 cm³/mol. The van der Waals surface area contributed by atoms with E-state index in [1.807, 2.05) is 0 Å². The summed E-state index contributed by atoms with van der Waals surface area (Å²) in [6.07, 6.45) is 1.69. The molecule has 1 rings (SSSR count). The van der Waals surface area contributed by atoms with E-state index in [2.05, 4.69) is 5.32 Å². The van der Waals surface area contributed by atoms with E-state index >= 15 is 0 Å². The fourth-order valence-electron chi connectivity index (χ4n) is 1.85. The van der Waals surface area contributed by atoms with Crippen molar-refractivity contribution in [3.05, 3.63) is 28.8 Å². The van der Waals surface area contributed by atoms with Gasteiger partial charge >= 0.3 is 0 Å². The molecule has 0 spiro atoms. The first-order chi connectivity index (χ1) is 9.77. The van der Waals surface area contributed by atoms with Gasteiger partial charge in [-0.05, 0) is 18.6 Å². The van der Waals surface area contributed by atoms with E-state index in [9.17, 15) is 13.2 Å². The zero-order chi connectivity index (χ0) is 16.0. The van der Waals surface area contributed by atoms with Crippen LogP contribution in [-0.4, -0.2) is 44.5 Å². The van der Waals surface area contributed by atoms with Gasteiger partial charge < -0.3 is 11.1 Å². The lowest BCUT2D eigenvalue weighted by Gasteiger charge is -2.17. The van der Waals surface area contributed by atoms with Crippen LogP contribution in [-0.2, 0) is 10.0 Å². The summed E-state index contributed by atoms with van der Waals surface area (Å²) in [4.78, 5) is 11.9. The first-order valence-electron chi connectivity index (χ1n) is 6.54. The number of carbonyl (C=O) groups excluding carboxylic acids is 1. The molecule has 21 heavy (non-hydrogen) atoms. The van der Waals surface area contributed by atoms with Gasteiger partial charge in [0.25, 0.3) is 5.91 Å². The maximum atomic E-state index is 11.9. The van der Waals surface area contributed by atoms with Crippen molar-refractivity contribution < 1.29 is 13.2 Å². The van der Waals surface area contributed by atoms with Crippen molar-refractivity contribution in [2.45, 2.75) is 13.3 Å². The molecule has 0 atom stereocenters. The van der Waals surface area contributed by atoms with Crippen molar-refractivity contribution in [1.29, 1.82) is 0 Å². The normalized spacial score (nSPS) is 11.6. The van der Waals surface area contributed by atoms with Gasteiger partial charge in [0.2, 0.25) is 10.0 Å². The fourth-order valence-corrected chi connectivity index (χ4v) is 2.95. The molecular formula is C13H20ClN3O3S. The van der Waals surface area contributed by atoms with Crippen LogP contribution in [0.5, 0.6) is 0 Å². The Morgan fingerprint density at radius 2 is 2.10 bits per heavy atom. The Morgan fingerprint density at radius 3 is 2.67 bits per heavy atom. The molecule has 0 aliphatic carbocycles. The molecule has 118 valence electrons. The van der Waals surface area contributed by atoms with E-state index in [0.29, 0.717) is 36.6 Å². The third-order valence-corrected chi connectivity index (χ3v) is 4.70. The van der Waals surface area contributed by atoms with Gasteiger partial charge in [-0.15, -0.1) is 0 Å². The minimum Gasteiger partial charge on any atom is -0.397 e. The van der Waals surface area contributed by atoms with Gasteiger partial charge in [0.15, 0.2) is 0 Å². The molecule has 1 aromatic rings. The van der Waals surface area contributed by atoms with Crippen LogP contribution in [0.15, 0.2) is 18.2 Å². The Morgan fingerprint density at radius 1 is 1.43 bits per heavy atom. The van der Waals surface area contributed by atoms with Crippen molar-refractivity contribution in [2.24, 2.45) is 0 Å². The number of sulfonamides is 1. The molecule has 6 nitrogen and oxygen atoms in total. The number of hydrogen-bond acceptors (Lipinski definition) is 4. The number of anilines is 1. The number of nitrogens with one attached hydrogen (secondary N) is 1. The number of rotatable bonds is 7. The molecule has 0 saturated heterocycles. The summed E-state index contributed by atoms with van der Waals surface area (Å²) >= 11 is 5.85. The first kappa shape index (κ1) is 17.7. The molecule has 0 aliphatic rings. The molecule has 0 aromatic heterocycles. The van der Waals surface area contributed by atoms with Crippen LogP contribution in [0.2, 0.25) is 5.02 Å². The number of benzene rings is 1. The third kappa shape index (κ3) is 5.18. The van der Waals surface area contributed by atoms with Crippen LogP contribution in [0.3, 0.4) is 0 Å². The zero-order valence-electron chi connectivity index (χ0n) is 12.1. The monoisotopic (exact) mass is 333 g/mol. The van der Waals surface area contributed by atoms with Crippen molar-refractivity contribution in [3.8, 4) is 0 Å². The highest BCUT2D eigenvalue weighted by atomic mass is 35.5. The van der Waals surface area contributed by atoms with E-state index in [1.165, 1.54) is 10.6 Å². The molecule has 0 radical (unpaired) electrons. The average molecular weight is 334 g/mol. The number of hydrogen-bond donors (Lipinski definition) is 2. The molecular weight excluding hydrogens is 314 g/mol. The number of nitrogen functional groups attached to an aromatic ring is 1. The van der Waals surface area contributed by atoms with Gasteiger partial charge in [0.05, 0.1) is 22.5 Å². The molecule has 8 heteroatoms. The van der Waals surface area contributed by atoms with Crippen LogP contribution in [0, 0.1) is 0 Å². The first-order valence-corrected chi connectivity index (χ1v) is 8.77. The largest absolute Gasteiger partial charge is 0.397 e. The van der Waals surface area contributed by atoms with Crippen LogP contribution < -0.4 is 11.1 Å². The number of para-hydroxylation sites is 1. The molecule has 0 heterocycles. The van der Waals surface area contributed by atoms with E-state index < -0.39 is 10.0 Å². The summed E-state index contributed by atoms with van der Waals surface area (Å²) in [5, 5.41) is 3.03. The second-order valence-corrected chi connectivity index (χ2v) is 6.95. The number of halogens is 1. The molecule has 1 aromatic carbocycles. The van der Waals surface area contributed by atoms with Gasteiger partial charge in [-0.25, -0.2) is 12.7 Å². The summed E-state index contributed by atoms with van der Waals surface area (Å²) in [6.45, 7) is 2.90. The minimum absolute atomic E-state index is 0.239. The molecule has 0 bridgehead atoms. The molecule has 0 saturated carbocycles. The lowest BCUT2D eigenvalue weighted by Crippen LogP contribution is -2.33. The van der Waals surface area contributed by atoms with Crippen molar-refractivity contribution in [2.75, 3.05) is 31.6 Å². The predicted octanol–water partition coefficient (Wildman–Crippen LogP) is 1.32. The van der Waals surface area contributed by atoms with E-state index in [0.717, 1.165) is 0 Å². The Balaban J connectivity index is 2.49. The maximum Gasteiger partial charge on any atom is 0.253 e. The Kier molecular flexibility index (Phi) is 6.44. The second-order valence-electron chi connectivity index (χ2n) is 4.57. The summed E-state index contributed by atoms with van der Waals surface area (Å²) in [6, 6.07) is 4.85. The SMILES string of the molecule is CCN(CCCNC(=O)c1cccc(Cl)c1N)S(C)(=O)=O. The Hall–Kier alpha value is -1.31. The Labute approximate surface area is 130 Å². The van der Waals surface area contributed by atoms with Gasteiger partial charge in [0, 0.05) is 19.6 Å². The van der Waals surface area contributed by atoms with Crippen LogP contribution >= 0.6 is 11.6 Å². The standard InChI is InChI=1S/C13H20ClN3O3S/c1-3-17(21(2,19)20)9-5-8-16-13(18)10-6-4-7-11(14)12(10)15/h4,6-7H,3,5,8-9,15H2,1-2H3,(H,16,18). The highest BCUT2D eigenvalue weighted by Crippen LogP contribution is 2.22. The lowest BCUT2D eigenvalue weighted by atomic mass is 10.1. The molecule has 0 aliphatic heterocycles. The quantitative estimate of drug-likeness (QED) is 0.581. The van der Waals surface area contributed by atoms with Crippen LogP contribution in [0.1, 0.15) is 23.7 Å². The molecule has 3 N–H and O–H groups in total. The third-order valence-electron chi connectivity index (χ3n) is 2.99. The fraction of sp³-hybridized carbons (Fsp3) is 0.462. The highest BCUT2D eigenvalue weighted by molar-refractivity contribution is 7.88. The van der Waals surface area contributed by atoms with Gasteiger partial charge in [-0.3, -0.25) is 4.79 Å². The van der Waals surface area contributed by atoms with Crippen molar-refractivity contribution in [1.82, 2.24) is 9.62 Å². The molecule has 0 fully saturated rings. The number of nitrogens with zero attached hydrogens (tertiary/aromatic N) is 1. The van der Waals surface area contributed by atoms with E-state index in [4.69, 9.17) is 17.3 Å². The zero-order valence-corrected chi connectivity index (χ0v) is 13.7. The van der Waals surface area contributed by atoms with Crippen LogP contribution in [0.25, 0.3) is 0 Å². The second kappa shape index (κ2) is 7.63. The van der Waals surface area contributed by atoms with E-state index in [1.54, 1.807) is 25.1 Å². The van der Waals surface area contributed by atoms with E-state index in [-0.39, 0.29) is 11.6 Å². The van der Waals surface area contributed by atoms with Crippen molar-refractivity contribution >= 4 is 33.2 Å². The molecule has 1 amide bonds. The molecule has 0 unspecified atom stereocenters. The summed E-state index contributed by atoms with van der Waals surface area (Å²) < 4.78 is 24.2. The summed E-state index contributed by atoms with van der Waals surface area (Å²) in [5.41, 5.74) is 6.29. The minimum atomic E-state index is -3.20. The summed E-state index contributed by atoms with van der Waals surface area (Å²) in [7, 11) is -3.20. The summed E-state index contributed by atoms with van der Waals surface area (Å²) in [5.74, 6) is -0.322. The van der Waals surface area contributed by atoms with Gasteiger partial charge in [-0.2, -0.15) is 0 Å². The van der Waals surface area contributed by atoms with Gasteiger partial charge in [-0.1, -0.05) is 24.6 Å². The highest BCUT2D eigenvalue weighted by Gasteiger charge is 2.14. The average Bonchev–Trinajstić information content (AvgIpc) is 2.40.